The zero-order valence-corrected chi connectivity index (χ0v) is 14.4. The van der Waals surface area contributed by atoms with Crippen LogP contribution in [-0.2, 0) is 11.3 Å². The van der Waals surface area contributed by atoms with Crippen LogP contribution in [0.5, 0.6) is 5.75 Å². The Labute approximate surface area is 149 Å². The second-order valence-electron chi connectivity index (χ2n) is 6.87. The maximum atomic E-state index is 13.2. The van der Waals surface area contributed by atoms with E-state index in [-0.39, 0.29) is 11.8 Å². The molecule has 4 nitrogen and oxygen atoms in total. The number of nitrogens with zero attached hydrogens (tertiary/aromatic N) is 2. The van der Waals surface area contributed by atoms with Crippen molar-refractivity contribution in [1.29, 1.82) is 0 Å². The number of rotatable bonds is 3. The van der Waals surface area contributed by atoms with E-state index in [2.05, 4.69) is 29.2 Å². The predicted octanol–water partition coefficient (Wildman–Crippen LogP) is 3.32. The number of para-hydroxylation sites is 2. The fraction of sp³-hybridized carbons (Fsp3) is 0.381. The van der Waals surface area contributed by atoms with E-state index in [0.717, 1.165) is 43.9 Å². The molecule has 0 spiro atoms. The van der Waals surface area contributed by atoms with Gasteiger partial charge in [-0.15, -0.1) is 0 Å². The highest BCUT2D eigenvalue weighted by Crippen LogP contribution is 2.33. The summed E-state index contributed by atoms with van der Waals surface area (Å²) in [5.41, 5.74) is 2.23. The summed E-state index contributed by atoms with van der Waals surface area (Å²) in [6.07, 6.45) is 2.05. The van der Waals surface area contributed by atoms with Crippen LogP contribution in [-0.4, -0.2) is 37.0 Å². The van der Waals surface area contributed by atoms with Crippen molar-refractivity contribution in [3.05, 3.63) is 60.2 Å². The van der Waals surface area contributed by atoms with Crippen LogP contribution in [0.25, 0.3) is 0 Å². The van der Waals surface area contributed by atoms with E-state index in [9.17, 15) is 4.79 Å². The van der Waals surface area contributed by atoms with Gasteiger partial charge in [-0.2, -0.15) is 0 Å². The third-order valence-electron chi connectivity index (χ3n) is 5.10. The summed E-state index contributed by atoms with van der Waals surface area (Å²) < 4.78 is 5.69. The van der Waals surface area contributed by atoms with Gasteiger partial charge in [0.2, 0.25) is 5.91 Å². The monoisotopic (exact) mass is 336 g/mol. The highest BCUT2D eigenvalue weighted by Gasteiger charge is 2.32. The van der Waals surface area contributed by atoms with Crippen LogP contribution in [0, 0.1) is 5.92 Å². The summed E-state index contributed by atoms with van der Waals surface area (Å²) in [7, 11) is 0. The molecule has 2 aromatic rings. The predicted molar refractivity (Wildman–Crippen MR) is 98.7 cm³/mol. The van der Waals surface area contributed by atoms with E-state index in [1.165, 1.54) is 5.56 Å². The smallest absolute Gasteiger partial charge is 0.231 e. The Morgan fingerprint density at radius 3 is 2.72 bits per heavy atom. The molecular weight excluding hydrogens is 312 g/mol. The summed E-state index contributed by atoms with van der Waals surface area (Å²) in [6.45, 7) is 4.05. The SMILES string of the molecule is O=C([C@H]1CCCN(Cc2ccccc2)C1)N1CCOc2ccccc21. The third kappa shape index (κ3) is 3.54. The molecule has 4 heteroatoms. The van der Waals surface area contributed by atoms with Gasteiger partial charge in [-0.25, -0.2) is 0 Å². The number of piperidine rings is 1. The number of amides is 1. The van der Waals surface area contributed by atoms with Crippen molar-refractivity contribution in [2.24, 2.45) is 5.92 Å². The van der Waals surface area contributed by atoms with Crippen LogP contribution in [0.15, 0.2) is 54.6 Å². The molecule has 0 radical (unpaired) electrons. The molecule has 0 bridgehead atoms. The zero-order chi connectivity index (χ0) is 17.1. The molecule has 0 unspecified atom stereocenters. The van der Waals surface area contributed by atoms with Crippen LogP contribution in [0.4, 0.5) is 5.69 Å². The van der Waals surface area contributed by atoms with Crippen molar-refractivity contribution in [1.82, 2.24) is 4.90 Å². The maximum absolute atomic E-state index is 13.2. The molecule has 1 saturated heterocycles. The van der Waals surface area contributed by atoms with E-state index >= 15 is 0 Å². The van der Waals surface area contributed by atoms with Gasteiger partial charge >= 0.3 is 0 Å². The normalized spacial score (nSPS) is 20.6. The lowest BCUT2D eigenvalue weighted by molar-refractivity contribution is -0.124. The zero-order valence-electron chi connectivity index (χ0n) is 14.4. The van der Waals surface area contributed by atoms with Gasteiger partial charge in [0.05, 0.1) is 18.2 Å². The first-order chi connectivity index (χ1) is 12.3. The Bertz CT molecular complexity index is 732. The van der Waals surface area contributed by atoms with Crippen molar-refractivity contribution in [3.63, 3.8) is 0 Å². The molecule has 2 heterocycles. The highest BCUT2D eigenvalue weighted by atomic mass is 16.5. The topological polar surface area (TPSA) is 32.8 Å². The Balaban J connectivity index is 1.46. The Morgan fingerprint density at radius 2 is 1.84 bits per heavy atom. The second-order valence-corrected chi connectivity index (χ2v) is 6.87. The average Bonchev–Trinajstić information content (AvgIpc) is 2.68. The molecule has 1 amide bonds. The standard InChI is InChI=1S/C21H24N2O2/c24-21(23-13-14-25-20-11-5-4-10-19(20)23)18-9-6-12-22(16-18)15-17-7-2-1-3-8-17/h1-5,7-8,10-11,18H,6,9,12-16H2/t18-/m0/s1. The Kier molecular flexibility index (Phi) is 4.70. The van der Waals surface area contributed by atoms with Gasteiger partial charge in [0.25, 0.3) is 0 Å². The quantitative estimate of drug-likeness (QED) is 0.862. The molecule has 1 fully saturated rings. The molecule has 25 heavy (non-hydrogen) atoms. The molecule has 2 aliphatic heterocycles. The minimum absolute atomic E-state index is 0.0728. The molecule has 2 aromatic carbocycles. The number of benzene rings is 2. The van der Waals surface area contributed by atoms with Crippen molar-refractivity contribution in [3.8, 4) is 5.75 Å². The number of likely N-dealkylation sites (tertiary alicyclic amines) is 1. The molecule has 0 N–H and O–H groups in total. The first kappa shape index (κ1) is 16.2. The number of carbonyl (C=O) groups excluding carboxylic acids is 1. The Hall–Kier alpha value is -2.33. The van der Waals surface area contributed by atoms with Gasteiger partial charge in [0.15, 0.2) is 0 Å². The molecule has 0 saturated carbocycles. The van der Waals surface area contributed by atoms with Crippen molar-refractivity contribution in [2.45, 2.75) is 19.4 Å². The first-order valence-corrected chi connectivity index (χ1v) is 9.11. The molecule has 1 atom stereocenters. The van der Waals surface area contributed by atoms with E-state index in [1.807, 2.05) is 35.2 Å². The molecule has 0 aliphatic carbocycles. The fourth-order valence-corrected chi connectivity index (χ4v) is 3.86. The summed E-state index contributed by atoms with van der Waals surface area (Å²) >= 11 is 0. The fourth-order valence-electron chi connectivity index (χ4n) is 3.86. The summed E-state index contributed by atoms with van der Waals surface area (Å²) in [6, 6.07) is 18.4. The van der Waals surface area contributed by atoms with Crippen LogP contribution in [0.1, 0.15) is 18.4 Å². The largest absolute Gasteiger partial charge is 0.490 e. The van der Waals surface area contributed by atoms with Gasteiger partial charge in [0, 0.05) is 13.1 Å². The van der Waals surface area contributed by atoms with E-state index < -0.39 is 0 Å². The van der Waals surface area contributed by atoms with E-state index in [4.69, 9.17) is 4.74 Å². The van der Waals surface area contributed by atoms with Gasteiger partial charge in [0.1, 0.15) is 12.4 Å². The van der Waals surface area contributed by atoms with Gasteiger partial charge in [-0.1, -0.05) is 42.5 Å². The average molecular weight is 336 g/mol. The molecule has 4 rings (SSSR count). The Morgan fingerprint density at radius 1 is 1.04 bits per heavy atom. The molecule has 130 valence electrons. The van der Waals surface area contributed by atoms with Crippen LogP contribution < -0.4 is 9.64 Å². The summed E-state index contributed by atoms with van der Waals surface area (Å²) in [4.78, 5) is 17.5. The third-order valence-corrected chi connectivity index (χ3v) is 5.10. The number of hydrogen-bond donors (Lipinski definition) is 0. The van der Waals surface area contributed by atoms with E-state index in [0.29, 0.717) is 13.2 Å². The maximum Gasteiger partial charge on any atom is 0.231 e. The minimum atomic E-state index is 0.0728. The lowest BCUT2D eigenvalue weighted by atomic mass is 9.95. The van der Waals surface area contributed by atoms with Crippen molar-refractivity contribution in [2.75, 3.05) is 31.1 Å². The van der Waals surface area contributed by atoms with Gasteiger partial charge in [-0.05, 0) is 37.1 Å². The molecular formula is C21H24N2O2. The first-order valence-electron chi connectivity index (χ1n) is 9.11. The number of hydrogen-bond acceptors (Lipinski definition) is 3. The molecule has 0 aromatic heterocycles. The number of carbonyl (C=O) groups is 1. The highest BCUT2D eigenvalue weighted by molar-refractivity contribution is 5.97. The lowest BCUT2D eigenvalue weighted by Gasteiger charge is -2.36. The van der Waals surface area contributed by atoms with Crippen LogP contribution >= 0.6 is 0 Å². The number of fused-ring (bicyclic) bond motifs is 1. The minimum Gasteiger partial charge on any atom is -0.490 e. The number of ether oxygens (including phenoxy) is 1. The summed E-state index contributed by atoms with van der Waals surface area (Å²) in [5.74, 6) is 1.14. The van der Waals surface area contributed by atoms with Crippen LogP contribution in [0.2, 0.25) is 0 Å². The second kappa shape index (κ2) is 7.28. The van der Waals surface area contributed by atoms with Crippen molar-refractivity contribution >= 4 is 11.6 Å². The van der Waals surface area contributed by atoms with E-state index in [1.54, 1.807) is 0 Å². The van der Waals surface area contributed by atoms with Gasteiger partial charge < -0.3 is 9.64 Å². The van der Waals surface area contributed by atoms with Gasteiger partial charge in [-0.3, -0.25) is 9.69 Å². The molecule has 2 aliphatic rings. The lowest BCUT2D eigenvalue weighted by Crippen LogP contribution is -2.47. The number of anilines is 1. The van der Waals surface area contributed by atoms with Crippen molar-refractivity contribution < 1.29 is 9.53 Å². The van der Waals surface area contributed by atoms with Crippen LogP contribution in [0.3, 0.4) is 0 Å². The summed E-state index contributed by atoms with van der Waals surface area (Å²) in [5, 5.41) is 0.